The number of halogens is 1. The summed E-state index contributed by atoms with van der Waals surface area (Å²) >= 11 is 7.84. The molecule has 2 heterocycles. The standard InChI is InChI=1S/C19H14ClN3O5S3/c1-11(17(24)22-18-12(10-21)8-9-29-18)28-19(25)13-4-2-3-5-14(13)23-31(26,27)16-7-6-15(20)30-16/h2-9,11,23H,1H3,(H,22,24). The van der Waals surface area contributed by atoms with Crippen molar-refractivity contribution in [3.8, 4) is 6.07 Å². The average molecular weight is 496 g/mol. The van der Waals surface area contributed by atoms with Gasteiger partial charge in [0.15, 0.2) is 6.10 Å². The molecule has 31 heavy (non-hydrogen) atoms. The van der Waals surface area contributed by atoms with E-state index in [2.05, 4.69) is 10.0 Å². The third-order valence-electron chi connectivity index (χ3n) is 3.88. The minimum Gasteiger partial charge on any atom is -0.449 e. The van der Waals surface area contributed by atoms with Gasteiger partial charge in [-0.25, -0.2) is 13.2 Å². The zero-order chi connectivity index (χ0) is 22.6. The van der Waals surface area contributed by atoms with Gasteiger partial charge in [-0.1, -0.05) is 23.7 Å². The van der Waals surface area contributed by atoms with Crippen LogP contribution < -0.4 is 10.0 Å². The lowest BCUT2D eigenvalue weighted by Crippen LogP contribution is -2.30. The minimum atomic E-state index is -3.97. The largest absolute Gasteiger partial charge is 0.449 e. The Labute approximate surface area is 191 Å². The van der Waals surface area contributed by atoms with Crippen molar-refractivity contribution in [2.45, 2.75) is 17.2 Å². The molecule has 0 saturated heterocycles. The number of nitriles is 1. The molecule has 0 aliphatic heterocycles. The maximum Gasteiger partial charge on any atom is 0.341 e. The molecular formula is C19H14ClN3O5S3. The topological polar surface area (TPSA) is 125 Å². The molecule has 160 valence electrons. The number of ether oxygens (including phenoxy) is 1. The number of rotatable bonds is 7. The molecule has 12 heteroatoms. The summed E-state index contributed by atoms with van der Waals surface area (Å²) in [7, 11) is -3.97. The zero-order valence-electron chi connectivity index (χ0n) is 15.8. The van der Waals surface area contributed by atoms with E-state index in [1.807, 2.05) is 6.07 Å². The monoisotopic (exact) mass is 495 g/mol. The fourth-order valence-electron chi connectivity index (χ4n) is 2.37. The van der Waals surface area contributed by atoms with Gasteiger partial charge >= 0.3 is 5.97 Å². The fraction of sp³-hybridized carbons (Fsp3) is 0.105. The number of anilines is 2. The van der Waals surface area contributed by atoms with E-state index in [4.69, 9.17) is 21.6 Å². The number of nitrogens with one attached hydrogen (secondary N) is 2. The molecule has 0 bridgehead atoms. The van der Waals surface area contributed by atoms with E-state index in [0.717, 1.165) is 22.7 Å². The Morgan fingerprint density at radius 1 is 1.19 bits per heavy atom. The van der Waals surface area contributed by atoms with Crippen LogP contribution in [0.5, 0.6) is 0 Å². The number of carbonyl (C=O) groups excluding carboxylic acids is 2. The third kappa shape index (κ3) is 5.42. The fourth-order valence-corrected chi connectivity index (χ4v) is 5.68. The van der Waals surface area contributed by atoms with Gasteiger partial charge < -0.3 is 10.1 Å². The molecule has 1 amide bonds. The molecule has 0 aliphatic rings. The normalized spacial score (nSPS) is 11.9. The number of esters is 1. The van der Waals surface area contributed by atoms with Gasteiger partial charge in [-0.2, -0.15) is 5.26 Å². The van der Waals surface area contributed by atoms with Crippen molar-refractivity contribution in [3.63, 3.8) is 0 Å². The van der Waals surface area contributed by atoms with Gasteiger partial charge in [0.25, 0.3) is 15.9 Å². The summed E-state index contributed by atoms with van der Waals surface area (Å²) in [6, 6.07) is 12.2. The highest BCUT2D eigenvalue weighted by molar-refractivity contribution is 7.94. The molecule has 0 aliphatic carbocycles. The SMILES string of the molecule is CC(OC(=O)c1ccccc1NS(=O)(=O)c1ccc(Cl)s1)C(=O)Nc1sccc1C#N. The van der Waals surface area contributed by atoms with Crippen molar-refractivity contribution in [2.24, 2.45) is 0 Å². The summed E-state index contributed by atoms with van der Waals surface area (Å²) in [4.78, 5) is 25.0. The van der Waals surface area contributed by atoms with Gasteiger partial charge in [0, 0.05) is 0 Å². The van der Waals surface area contributed by atoms with Crippen molar-refractivity contribution in [2.75, 3.05) is 10.0 Å². The van der Waals surface area contributed by atoms with E-state index in [0.29, 0.717) is 14.9 Å². The molecule has 1 atom stereocenters. The number of nitrogens with zero attached hydrogens (tertiary/aromatic N) is 1. The van der Waals surface area contributed by atoms with E-state index in [1.54, 1.807) is 17.5 Å². The van der Waals surface area contributed by atoms with Gasteiger partial charge in [0.1, 0.15) is 15.3 Å². The van der Waals surface area contributed by atoms with Crippen LogP contribution in [0.4, 0.5) is 10.7 Å². The number of sulfonamides is 1. The van der Waals surface area contributed by atoms with E-state index < -0.39 is 28.0 Å². The summed E-state index contributed by atoms with van der Waals surface area (Å²) in [5, 5.41) is 13.5. The lowest BCUT2D eigenvalue weighted by atomic mass is 10.2. The van der Waals surface area contributed by atoms with Gasteiger partial charge in [-0.3, -0.25) is 9.52 Å². The average Bonchev–Trinajstić information content (AvgIpc) is 3.36. The van der Waals surface area contributed by atoms with Crippen LogP contribution in [-0.4, -0.2) is 26.4 Å². The van der Waals surface area contributed by atoms with Crippen LogP contribution in [-0.2, 0) is 19.6 Å². The molecule has 1 aromatic carbocycles. The first-order valence-electron chi connectivity index (χ1n) is 8.58. The van der Waals surface area contributed by atoms with Crippen LogP contribution in [0.2, 0.25) is 4.34 Å². The second-order valence-corrected chi connectivity index (χ2v) is 10.6. The molecule has 3 aromatic rings. The van der Waals surface area contributed by atoms with E-state index >= 15 is 0 Å². The lowest BCUT2D eigenvalue weighted by Gasteiger charge is -2.15. The third-order valence-corrected chi connectivity index (χ3v) is 7.80. The Kier molecular flexibility index (Phi) is 6.97. The summed E-state index contributed by atoms with van der Waals surface area (Å²) in [6.07, 6.45) is -1.19. The molecule has 1 unspecified atom stereocenters. The highest BCUT2D eigenvalue weighted by Gasteiger charge is 2.24. The molecule has 0 radical (unpaired) electrons. The number of hydrogen-bond donors (Lipinski definition) is 2. The minimum absolute atomic E-state index is 0.00495. The molecule has 0 fully saturated rings. The molecule has 2 aromatic heterocycles. The number of carbonyl (C=O) groups is 2. The number of thiophene rings is 2. The van der Waals surface area contributed by atoms with Crippen molar-refractivity contribution in [1.82, 2.24) is 0 Å². The summed E-state index contributed by atoms with van der Waals surface area (Å²) in [5.74, 6) is -1.52. The second-order valence-electron chi connectivity index (χ2n) is 6.02. The summed E-state index contributed by atoms with van der Waals surface area (Å²) in [6.45, 7) is 1.37. The highest BCUT2D eigenvalue weighted by Crippen LogP contribution is 2.28. The predicted molar refractivity (Wildman–Crippen MR) is 119 cm³/mol. The summed E-state index contributed by atoms with van der Waals surface area (Å²) in [5.41, 5.74) is 0.224. The maximum absolute atomic E-state index is 12.6. The Balaban J connectivity index is 1.74. The molecule has 0 spiro atoms. The van der Waals surface area contributed by atoms with Crippen LogP contribution in [0.15, 0.2) is 52.1 Å². The first-order valence-corrected chi connectivity index (χ1v) is 12.1. The van der Waals surface area contributed by atoms with Crippen molar-refractivity contribution < 1.29 is 22.7 Å². The van der Waals surface area contributed by atoms with E-state index in [9.17, 15) is 18.0 Å². The lowest BCUT2D eigenvalue weighted by molar-refractivity contribution is -0.123. The second kappa shape index (κ2) is 9.49. The van der Waals surface area contributed by atoms with Crippen molar-refractivity contribution in [1.29, 1.82) is 5.26 Å². The molecular weight excluding hydrogens is 482 g/mol. The van der Waals surface area contributed by atoms with Crippen LogP contribution in [0.3, 0.4) is 0 Å². The van der Waals surface area contributed by atoms with Crippen LogP contribution in [0, 0.1) is 11.3 Å². The smallest absolute Gasteiger partial charge is 0.341 e. The molecule has 8 nitrogen and oxygen atoms in total. The van der Waals surface area contributed by atoms with Crippen LogP contribution in [0.1, 0.15) is 22.8 Å². The number of benzene rings is 1. The van der Waals surface area contributed by atoms with E-state index in [1.165, 1.54) is 37.3 Å². The first kappa shape index (κ1) is 22.8. The predicted octanol–water partition coefficient (Wildman–Crippen LogP) is 4.32. The van der Waals surface area contributed by atoms with Gasteiger partial charge in [0.05, 0.1) is 21.2 Å². The molecule has 2 N–H and O–H groups in total. The number of amides is 1. The van der Waals surface area contributed by atoms with E-state index in [-0.39, 0.29) is 15.5 Å². The summed E-state index contributed by atoms with van der Waals surface area (Å²) < 4.78 is 32.9. The van der Waals surface area contributed by atoms with Crippen LogP contribution in [0.25, 0.3) is 0 Å². The number of para-hydroxylation sites is 1. The Morgan fingerprint density at radius 2 is 1.94 bits per heavy atom. The zero-order valence-corrected chi connectivity index (χ0v) is 19.0. The van der Waals surface area contributed by atoms with Gasteiger partial charge in [-0.15, -0.1) is 22.7 Å². The highest BCUT2D eigenvalue weighted by atomic mass is 35.5. The van der Waals surface area contributed by atoms with Crippen molar-refractivity contribution in [3.05, 3.63) is 63.3 Å². The maximum atomic E-state index is 12.6. The Morgan fingerprint density at radius 3 is 2.61 bits per heavy atom. The van der Waals surface area contributed by atoms with Gasteiger partial charge in [0.2, 0.25) is 0 Å². The van der Waals surface area contributed by atoms with Gasteiger partial charge in [-0.05, 0) is 42.6 Å². The number of hydrogen-bond acceptors (Lipinski definition) is 8. The molecule has 0 saturated carbocycles. The molecule has 3 rings (SSSR count). The van der Waals surface area contributed by atoms with Crippen molar-refractivity contribution >= 4 is 66.9 Å². The Bertz CT molecular complexity index is 1280. The first-order chi connectivity index (χ1) is 14.7. The quantitative estimate of drug-likeness (QED) is 0.470. The Hall–Kier alpha value is -2.91. The van der Waals surface area contributed by atoms with Crippen LogP contribution >= 0.6 is 34.3 Å².